The van der Waals surface area contributed by atoms with Crippen molar-refractivity contribution < 1.29 is 14.7 Å². The smallest absolute Gasteiger partial charge is 0.304 e. The molecule has 0 radical (unpaired) electrons. The number of hydrogen-bond donors (Lipinski definition) is 1. The number of aromatic nitrogens is 1. The van der Waals surface area contributed by atoms with Crippen molar-refractivity contribution in [1.82, 2.24) is 4.98 Å². The quantitative estimate of drug-likeness (QED) is 0.611. The highest BCUT2D eigenvalue weighted by Gasteiger charge is 2.35. The van der Waals surface area contributed by atoms with Crippen LogP contribution in [-0.2, 0) is 9.59 Å². The minimum absolute atomic E-state index is 0.000602. The van der Waals surface area contributed by atoms with Gasteiger partial charge in [0.2, 0.25) is 5.91 Å². The first-order valence-corrected chi connectivity index (χ1v) is 11.0. The Morgan fingerprint density at radius 3 is 2.79 bits per heavy atom. The first-order valence-electron chi connectivity index (χ1n) is 9.75. The van der Waals surface area contributed by atoms with Gasteiger partial charge in [-0.05, 0) is 30.7 Å². The summed E-state index contributed by atoms with van der Waals surface area (Å²) in [5, 5.41) is 12.5. The fraction of sp³-hybridized carbons (Fsp3) is 0.409. The Hall–Kier alpha value is -2.18. The fourth-order valence-electron chi connectivity index (χ4n) is 3.77. The Labute approximate surface area is 180 Å². The van der Waals surface area contributed by atoms with Crippen LogP contribution in [0.15, 0.2) is 41.8 Å². The van der Waals surface area contributed by atoms with Gasteiger partial charge >= 0.3 is 5.97 Å². The predicted octanol–water partition coefficient (Wildman–Crippen LogP) is 5.51. The van der Waals surface area contributed by atoms with Gasteiger partial charge < -0.3 is 5.11 Å². The molecule has 0 unspecified atom stereocenters. The largest absolute Gasteiger partial charge is 0.481 e. The van der Waals surface area contributed by atoms with Crippen molar-refractivity contribution in [1.29, 1.82) is 0 Å². The second-order valence-electron chi connectivity index (χ2n) is 7.75. The molecule has 0 spiro atoms. The van der Waals surface area contributed by atoms with E-state index in [2.05, 4.69) is 24.9 Å². The summed E-state index contributed by atoms with van der Waals surface area (Å²) in [5.41, 5.74) is 1.52. The summed E-state index contributed by atoms with van der Waals surface area (Å²) < 4.78 is 0. The van der Waals surface area contributed by atoms with Crippen LogP contribution in [0.4, 0.5) is 5.13 Å². The molecule has 1 aliphatic rings. The third kappa shape index (κ3) is 5.25. The molecule has 7 heteroatoms. The average molecular weight is 433 g/mol. The van der Waals surface area contributed by atoms with Gasteiger partial charge in [0, 0.05) is 22.5 Å². The van der Waals surface area contributed by atoms with Crippen molar-refractivity contribution in [2.24, 2.45) is 17.8 Å². The van der Waals surface area contributed by atoms with Gasteiger partial charge in [0.1, 0.15) is 0 Å². The number of carboxylic acids is 1. The Bertz CT molecular complexity index is 909. The molecule has 0 fully saturated rings. The summed E-state index contributed by atoms with van der Waals surface area (Å²) in [4.78, 5) is 31.2. The van der Waals surface area contributed by atoms with E-state index in [1.165, 1.54) is 11.3 Å². The summed E-state index contributed by atoms with van der Waals surface area (Å²) in [5.74, 6) is -1.29. The zero-order chi connectivity index (χ0) is 21.0. The minimum Gasteiger partial charge on any atom is -0.481 e. The maximum Gasteiger partial charge on any atom is 0.304 e. The highest BCUT2D eigenvalue weighted by molar-refractivity contribution is 7.14. The monoisotopic (exact) mass is 432 g/mol. The molecule has 1 aliphatic heterocycles. The topological polar surface area (TPSA) is 70.5 Å². The molecule has 1 aromatic heterocycles. The van der Waals surface area contributed by atoms with Gasteiger partial charge in [0.05, 0.1) is 18.0 Å². The van der Waals surface area contributed by atoms with Gasteiger partial charge in [-0.2, -0.15) is 0 Å². The second kappa shape index (κ2) is 9.55. The van der Waals surface area contributed by atoms with E-state index in [0.29, 0.717) is 28.3 Å². The molecule has 154 valence electrons. The molecule has 2 heterocycles. The second-order valence-corrected chi connectivity index (χ2v) is 8.99. The Balaban J connectivity index is 1.93. The zero-order valence-electron chi connectivity index (χ0n) is 16.5. The third-order valence-corrected chi connectivity index (χ3v) is 6.28. The highest BCUT2D eigenvalue weighted by atomic mass is 35.5. The number of nitrogens with zero attached hydrogens (tertiary/aromatic N) is 2. The summed E-state index contributed by atoms with van der Waals surface area (Å²) >= 11 is 7.66. The standard InChI is InChI=1S/C22H25ClN2O3S/c1-14(2)11-15-7-5-6-10-25(21(28)17(15)12-20(26)27)22-24-19(13-29-22)16-8-3-4-9-18(16)23/h3-6,8-9,13-15,17H,7,10-12H2,1-2H3,(H,26,27)/b6-5-/t15-,17+/m1/s1. The van der Waals surface area contributed by atoms with Gasteiger partial charge in [-0.15, -0.1) is 11.3 Å². The summed E-state index contributed by atoms with van der Waals surface area (Å²) in [6.07, 6.45) is 5.40. The van der Waals surface area contributed by atoms with Crippen LogP contribution in [0.3, 0.4) is 0 Å². The predicted molar refractivity (Wildman–Crippen MR) is 117 cm³/mol. The molecular formula is C22H25ClN2O3S. The van der Waals surface area contributed by atoms with E-state index >= 15 is 0 Å². The lowest BCUT2D eigenvalue weighted by molar-refractivity contribution is -0.141. The summed E-state index contributed by atoms with van der Waals surface area (Å²) in [6.45, 7) is 4.58. The lowest BCUT2D eigenvalue weighted by Gasteiger charge is -2.31. The van der Waals surface area contributed by atoms with Crippen LogP contribution in [0.2, 0.25) is 5.02 Å². The van der Waals surface area contributed by atoms with E-state index in [4.69, 9.17) is 11.6 Å². The number of aliphatic carboxylic acids is 1. The molecule has 0 saturated heterocycles. The van der Waals surface area contributed by atoms with Gasteiger partial charge in [-0.25, -0.2) is 4.98 Å². The first kappa shape index (κ1) is 21.5. The molecule has 2 aromatic rings. The Kier molecular flexibility index (Phi) is 7.09. The van der Waals surface area contributed by atoms with Gasteiger partial charge in [-0.3, -0.25) is 14.5 Å². The van der Waals surface area contributed by atoms with Crippen molar-refractivity contribution in [3.8, 4) is 11.3 Å². The molecule has 1 aromatic carbocycles. The number of benzene rings is 1. The zero-order valence-corrected chi connectivity index (χ0v) is 18.1. The molecule has 2 atom stereocenters. The summed E-state index contributed by atoms with van der Waals surface area (Å²) in [7, 11) is 0. The molecule has 1 N–H and O–H groups in total. The Morgan fingerprint density at radius 2 is 2.10 bits per heavy atom. The van der Waals surface area contributed by atoms with E-state index in [9.17, 15) is 14.7 Å². The average Bonchev–Trinajstić information content (AvgIpc) is 3.13. The lowest BCUT2D eigenvalue weighted by Crippen LogP contribution is -2.41. The first-order chi connectivity index (χ1) is 13.9. The molecule has 0 bridgehead atoms. The molecule has 29 heavy (non-hydrogen) atoms. The van der Waals surface area contributed by atoms with Crippen LogP contribution in [-0.4, -0.2) is 28.5 Å². The van der Waals surface area contributed by atoms with E-state index in [0.717, 1.165) is 18.4 Å². The number of carboxylic acid groups (broad SMARTS) is 1. The normalized spacial score (nSPS) is 21.1. The van der Waals surface area contributed by atoms with Crippen LogP contribution < -0.4 is 4.90 Å². The number of amides is 1. The van der Waals surface area contributed by atoms with E-state index in [-0.39, 0.29) is 18.2 Å². The van der Waals surface area contributed by atoms with E-state index < -0.39 is 11.9 Å². The van der Waals surface area contributed by atoms with Crippen LogP contribution in [0.1, 0.15) is 33.1 Å². The number of hydrogen-bond acceptors (Lipinski definition) is 4. The van der Waals surface area contributed by atoms with E-state index in [1.54, 1.807) is 11.0 Å². The van der Waals surface area contributed by atoms with Crippen molar-refractivity contribution in [2.45, 2.75) is 33.1 Å². The molecular weight excluding hydrogens is 408 g/mol. The fourth-order valence-corrected chi connectivity index (χ4v) is 4.84. The van der Waals surface area contributed by atoms with Gasteiger partial charge in [0.15, 0.2) is 5.13 Å². The number of halogens is 1. The maximum atomic E-state index is 13.4. The van der Waals surface area contributed by atoms with Gasteiger partial charge in [-0.1, -0.05) is 55.8 Å². The number of rotatable bonds is 6. The number of carbonyl (C=O) groups is 2. The molecule has 1 amide bonds. The van der Waals surface area contributed by atoms with Crippen molar-refractivity contribution >= 4 is 39.9 Å². The molecule has 0 aliphatic carbocycles. The number of allylic oxidation sites excluding steroid dienone is 1. The van der Waals surface area contributed by atoms with Crippen molar-refractivity contribution in [2.75, 3.05) is 11.4 Å². The van der Waals surface area contributed by atoms with Crippen molar-refractivity contribution in [3.05, 3.63) is 46.8 Å². The third-order valence-electron chi connectivity index (χ3n) is 5.09. The Morgan fingerprint density at radius 1 is 1.34 bits per heavy atom. The minimum atomic E-state index is -0.947. The number of anilines is 1. The SMILES string of the molecule is CC(C)C[C@H]1C/C=C\CN(c2nc(-c3ccccc3Cl)cs2)C(=O)[C@H]1CC(=O)O. The highest BCUT2D eigenvalue weighted by Crippen LogP contribution is 2.35. The molecule has 0 saturated carbocycles. The van der Waals surface area contributed by atoms with Gasteiger partial charge in [0.25, 0.3) is 0 Å². The number of thiazole rings is 1. The van der Waals surface area contributed by atoms with E-state index in [1.807, 2.05) is 29.7 Å². The molecule has 3 rings (SSSR count). The maximum absolute atomic E-state index is 13.4. The lowest BCUT2D eigenvalue weighted by atomic mass is 9.79. The van der Waals surface area contributed by atoms with Crippen LogP contribution >= 0.6 is 22.9 Å². The van der Waals surface area contributed by atoms with Crippen LogP contribution in [0.25, 0.3) is 11.3 Å². The number of carbonyl (C=O) groups excluding carboxylic acids is 1. The molecule has 5 nitrogen and oxygen atoms in total. The van der Waals surface area contributed by atoms with Crippen LogP contribution in [0.5, 0.6) is 0 Å². The summed E-state index contributed by atoms with van der Waals surface area (Å²) in [6, 6.07) is 7.45. The van der Waals surface area contributed by atoms with Crippen molar-refractivity contribution in [3.63, 3.8) is 0 Å². The van der Waals surface area contributed by atoms with Crippen LogP contribution in [0, 0.1) is 17.8 Å².